The van der Waals surface area contributed by atoms with Crippen LogP contribution in [0.25, 0.3) is 66.9 Å². The Kier molecular flexibility index (Phi) is 6.91. The second-order valence-corrected chi connectivity index (χ2v) is 13.1. The van der Waals surface area contributed by atoms with Gasteiger partial charge in [0.1, 0.15) is 11.9 Å². The molecule has 0 spiro atoms. The van der Waals surface area contributed by atoms with E-state index < -0.39 is 0 Å². The van der Waals surface area contributed by atoms with E-state index in [2.05, 4.69) is 115 Å². The second kappa shape index (κ2) is 12.0. The van der Waals surface area contributed by atoms with Crippen molar-refractivity contribution in [3.8, 4) is 39.9 Å². The molecule has 0 radical (unpaired) electrons. The van der Waals surface area contributed by atoms with Crippen molar-refractivity contribution >= 4 is 32.7 Å². The van der Waals surface area contributed by atoms with Crippen molar-refractivity contribution in [2.45, 2.75) is 12.0 Å². The lowest BCUT2D eigenvalue weighted by molar-refractivity contribution is 0.272. The molecule has 0 bridgehead atoms. The summed E-state index contributed by atoms with van der Waals surface area (Å²) >= 11 is 0. The summed E-state index contributed by atoms with van der Waals surface area (Å²) in [5.74, 6) is 2.94. The third kappa shape index (κ3) is 5.03. The summed E-state index contributed by atoms with van der Waals surface area (Å²) < 4.78 is 6.70. The molecule has 240 valence electrons. The maximum Gasteiger partial charge on any atom is 0.164 e. The van der Waals surface area contributed by atoms with Crippen molar-refractivity contribution < 1.29 is 4.74 Å². The fourth-order valence-electron chi connectivity index (χ4n) is 7.76. The summed E-state index contributed by atoms with van der Waals surface area (Å²) in [4.78, 5) is 15.1. The number of hydrogen-bond donors (Lipinski definition) is 0. The normalized spacial score (nSPS) is 16.2. The van der Waals surface area contributed by atoms with Crippen molar-refractivity contribution in [3.05, 3.63) is 193 Å². The predicted octanol–water partition coefficient (Wildman–Crippen LogP) is 11.2. The molecule has 0 saturated heterocycles. The van der Waals surface area contributed by atoms with Crippen LogP contribution in [-0.4, -0.2) is 21.1 Å². The first-order valence-corrected chi connectivity index (χ1v) is 17.3. The zero-order valence-corrected chi connectivity index (χ0v) is 27.6. The van der Waals surface area contributed by atoms with Crippen LogP contribution in [-0.2, 0) is 0 Å². The lowest BCUT2D eigenvalue weighted by Crippen LogP contribution is -2.21. The fourth-order valence-corrected chi connectivity index (χ4v) is 7.76. The van der Waals surface area contributed by atoms with Crippen molar-refractivity contribution in [1.29, 1.82) is 0 Å². The highest BCUT2D eigenvalue weighted by atomic mass is 16.5. The number of fused-ring (bicyclic) bond motifs is 5. The number of hydrogen-bond acceptors (Lipinski definition) is 4. The summed E-state index contributed by atoms with van der Waals surface area (Å²) in [6.45, 7) is 0. The van der Waals surface area contributed by atoms with Gasteiger partial charge >= 0.3 is 0 Å². The van der Waals surface area contributed by atoms with Gasteiger partial charge in [-0.05, 0) is 68.1 Å². The number of nitrogens with zero attached hydrogens (tertiary/aromatic N) is 3. The summed E-state index contributed by atoms with van der Waals surface area (Å²) in [7, 11) is 0. The van der Waals surface area contributed by atoms with E-state index in [0.717, 1.165) is 33.2 Å². The van der Waals surface area contributed by atoms with Gasteiger partial charge in [-0.3, -0.25) is 0 Å². The average Bonchev–Trinajstić information content (AvgIpc) is 3.59. The molecule has 4 heteroatoms. The molecule has 4 nitrogen and oxygen atoms in total. The number of ether oxygens (including phenoxy) is 1. The molecule has 8 aromatic rings. The van der Waals surface area contributed by atoms with Gasteiger partial charge < -0.3 is 4.74 Å². The molecule has 51 heavy (non-hydrogen) atoms. The minimum atomic E-state index is -0.125. The van der Waals surface area contributed by atoms with Crippen molar-refractivity contribution in [1.82, 2.24) is 15.0 Å². The molecule has 2 atom stereocenters. The Bertz CT molecular complexity index is 2620. The smallest absolute Gasteiger partial charge is 0.164 e. The predicted molar refractivity (Wildman–Crippen MR) is 207 cm³/mol. The molecule has 1 aliphatic heterocycles. The third-order valence-corrected chi connectivity index (χ3v) is 10.1. The minimum Gasteiger partial charge on any atom is -0.485 e. The van der Waals surface area contributed by atoms with Gasteiger partial charge in [-0.15, -0.1) is 0 Å². The topological polar surface area (TPSA) is 47.9 Å². The molecule has 10 rings (SSSR count). The molecule has 1 aliphatic carbocycles. The van der Waals surface area contributed by atoms with Gasteiger partial charge in [-0.2, -0.15) is 0 Å². The van der Waals surface area contributed by atoms with Gasteiger partial charge in [0.2, 0.25) is 0 Å². The van der Waals surface area contributed by atoms with Crippen LogP contribution in [0.15, 0.2) is 176 Å². The highest BCUT2D eigenvalue weighted by molar-refractivity contribution is 6.06. The monoisotopic (exact) mass is 653 g/mol. The van der Waals surface area contributed by atoms with E-state index in [9.17, 15) is 0 Å². The SMILES string of the molecule is C1=C(c2cccc3ccccc23)C=C(c2ccc(-c3nc(-c4ccccc4)nc(-c4ccccc4)n3)c3ccccc23)C2c3ccccc3OC12. The van der Waals surface area contributed by atoms with E-state index in [0.29, 0.717) is 17.5 Å². The summed E-state index contributed by atoms with van der Waals surface area (Å²) in [5.41, 5.74) is 8.87. The average molecular weight is 654 g/mol. The molecule has 0 N–H and O–H groups in total. The molecule has 0 amide bonds. The van der Waals surface area contributed by atoms with E-state index in [1.54, 1.807) is 0 Å². The van der Waals surface area contributed by atoms with E-state index in [4.69, 9.17) is 19.7 Å². The van der Waals surface area contributed by atoms with Crippen molar-refractivity contribution in [2.75, 3.05) is 0 Å². The first-order valence-electron chi connectivity index (χ1n) is 17.3. The lowest BCUT2D eigenvalue weighted by Gasteiger charge is -2.27. The maximum absolute atomic E-state index is 6.70. The van der Waals surface area contributed by atoms with Crippen LogP contribution in [0.3, 0.4) is 0 Å². The Hall–Kier alpha value is -6.65. The molecular weight excluding hydrogens is 623 g/mol. The number of rotatable bonds is 5. The van der Waals surface area contributed by atoms with E-state index in [-0.39, 0.29) is 12.0 Å². The summed E-state index contributed by atoms with van der Waals surface area (Å²) in [6.07, 6.45) is 4.58. The standard InChI is InChI=1S/C47H31N3O/c1-3-15-31(16-4-1)45-48-46(32-17-5-2-6-18-32)50-47(49-45)39-27-26-38(36-21-9-10-22-37(36)39)41-28-33(35-24-13-19-30-14-7-8-20-34(30)35)29-43-44(41)40-23-11-12-25-42(40)51-43/h1-29,43-44H. The van der Waals surface area contributed by atoms with Crippen LogP contribution < -0.4 is 4.74 Å². The van der Waals surface area contributed by atoms with Gasteiger partial charge in [-0.1, -0.05) is 152 Å². The molecule has 2 aliphatic rings. The van der Waals surface area contributed by atoms with Crippen LogP contribution in [0.5, 0.6) is 5.75 Å². The van der Waals surface area contributed by atoms with Gasteiger partial charge in [0.25, 0.3) is 0 Å². The maximum atomic E-state index is 6.70. The summed E-state index contributed by atoms with van der Waals surface area (Å²) in [5, 5.41) is 4.69. The van der Waals surface area contributed by atoms with E-state index in [1.165, 1.54) is 38.6 Å². The first kappa shape index (κ1) is 29.3. The Labute approximate surface area is 296 Å². The second-order valence-electron chi connectivity index (χ2n) is 13.1. The zero-order valence-electron chi connectivity index (χ0n) is 27.6. The highest BCUT2D eigenvalue weighted by Gasteiger charge is 2.39. The largest absolute Gasteiger partial charge is 0.485 e. The van der Waals surface area contributed by atoms with Crippen molar-refractivity contribution in [3.63, 3.8) is 0 Å². The van der Waals surface area contributed by atoms with Gasteiger partial charge in [0.05, 0.1) is 5.92 Å². The van der Waals surface area contributed by atoms with Gasteiger partial charge in [0.15, 0.2) is 17.5 Å². The Balaban J connectivity index is 1.18. The molecule has 2 unspecified atom stereocenters. The molecule has 2 heterocycles. The molecule has 1 aromatic heterocycles. The van der Waals surface area contributed by atoms with E-state index in [1.807, 2.05) is 60.7 Å². The van der Waals surface area contributed by atoms with Gasteiger partial charge in [-0.25, -0.2) is 15.0 Å². The molecule has 0 fully saturated rings. The van der Waals surface area contributed by atoms with Crippen molar-refractivity contribution in [2.24, 2.45) is 0 Å². The highest BCUT2D eigenvalue weighted by Crippen LogP contribution is 2.51. The zero-order chi connectivity index (χ0) is 33.7. The number of aromatic nitrogens is 3. The number of benzene rings is 7. The van der Waals surface area contributed by atoms with Crippen LogP contribution in [0.2, 0.25) is 0 Å². The Morgan fingerprint density at radius 1 is 0.431 bits per heavy atom. The van der Waals surface area contributed by atoms with Crippen LogP contribution in [0.1, 0.15) is 22.6 Å². The molecule has 7 aromatic carbocycles. The Morgan fingerprint density at radius 3 is 1.75 bits per heavy atom. The molecule has 0 saturated carbocycles. The molecular formula is C47H31N3O. The lowest BCUT2D eigenvalue weighted by atomic mass is 9.76. The quantitative estimate of drug-likeness (QED) is 0.185. The van der Waals surface area contributed by atoms with Crippen LogP contribution in [0.4, 0.5) is 0 Å². The fraction of sp³-hybridized carbons (Fsp3) is 0.0426. The summed E-state index contributed by atoms with van der Waals surface area (Å²) in [6, 6.07) is 56.9. The van der Waals surface area contributed by atoms with Crippen LogP contribution >= 0.6 is 0 Å². The first-order chi connectivity index (χ1) is 25.3. The van der Waals surface area contributed by atoms with E-state index >= 15 is 0 Å². The number of allylic oxidation sites excluding steroid dienone is 2. The number of para-hydroxylation sites is 1. The van der Waals surface area contributed by atoms with Crippen LogP contribution in [0, 0.1) is 0 Å². The Morgan fingerprint density at radius 2 is 1.00 bits per heavy atom. The van der Waals surface area contributed by atoms with Gasteiger partial charge in [0, 0.05) is 22.3 Å². The minimum absolute atomic E-state index is 0.0562. The third-order valence-electron chi connectivity index (χ3n) is 10.1.